The lowest BCUT2D eigenvalue weighted by atomic mass is 10.0. The molecule has 6 heteroatoms. The van der Waals surface area contributed by atoms with Crippen molar-refractivity contribution in [2.45, 2.75) is 6.92 Å². The van der Waals surface area contributed by atoms with Crippen molar-refractivity contribution >= 4 is 34.1 Å². The van der Waals surface area contributed by atoms with E-state index in [4.69, 9.17) is 28.2 Å². The number of hydrogen-bond acceptors (Lipinski definition) is 3. The molecule has 0 fully saturated rings. The minimum atomic E-state index is 0.455. The Labute approximate surface area is 183 Å². The van der Waals surface area contributed by atoms with Gasteiger partial charge in [-0.05, 0) is 31.2 Å². The average Bonchev–Trinajstić information content (AvgIpc) is 3.09. The van der Waals surface area contributed by atoms with E-state index in [2.05, 4.69) is 27.3 Å². The standard InChI is InChI=1S/C24H16Cl2N4/c1-14-21(18-9-5-6-10-20(18)27-14)23-22(15-7-3-2-4-8-15)29-30-24(28-23)17-12-11-16(25)13-19(17)26/h2-13,27H,1H3. The molecule has 0 amide bonds. The highest BCUT2D eigenvalue weighted by Gasteiger charge is 2.20. The Morgan fingerprint density at radius 2 is 1.57 bits per heavy atom. The quantitative estimate of drug-likeness (QED) is 0.336. The lowest BCUT2D eigenvalue weighted by Crippen LogP contribution is -2.01. The minimum absolute atomic E-state index is 0.455. The minimum Gasteiger partial charge on any atom is -0.358 e. The second-order valence-electron chi connectivity index (χ2n) is 6.99. The first kappa shape index (κ1) is 18.8. The van der Waals surface area contributed by atoms with E-state index >= 15 is 0 Å². The second-order valence-corrected chi connectivity index (χ2v) is 7.84. The van der Waals surface area contributed by atoms with Gasteiger partial charge in [-0.2, -0.15) is 0 Å². The molecule has 3 aromatic carbocycles. The summed E-state index contributed by atoms with van der Waals surface area (Å²) in [7, 11) is 0. The van der Waals surface area contributed by atoms with Crippen molar-refractivity contribution in [3.8, 4) is 33.9 Å². The van der Waals surface area contributed by atoms with Crippen LogP contribution in [0.4, 0.5) is 0 Å². The maximum Gasteiger partial charge on any atom is 0.183 e. The van der Waals surface area contributed by atoms with Crippen LogP contribution in [0.1, 0.15) is 5.69 Å². The zero-order chi connectivity index (χ0) is 20.7. The summed E-state index contributed by atoms with van der Waals surface area (Å²) in [6.07, 6.45) is 0. The van der Waals surface area contributed by atoms with Gasteiger partial charge in [0.25, 0.3) is 0 Å². The van der Waals surface area contributed by atoms with Crippen LogP contribution in [0.2, 0.25) is 10.0 Å². The molecular formula is C24H16Cl2N4. The van der Waals surface area contributed by atoms with Crippen molar-refractivity contribution in [3.63, 3.8) is 0 Å². The van der Waals surface area contributed by atoms with Gasteiger partial charge in [0.05, 0.1) is 5.02 Å². The van der Waals surface area contributed by atoms with Crippen molar-refractivity contribution in [2.75, 3.05) is 0 Å². The summed E-state index contributed by atoms with van der Waals surface area (Å²) in [6.45, 7) is 2.04. The number of aromatic nitrogens is 4. The third-order valence-electron chi connectivity index (χ3n) is 5.04. The summed E-state index contributed by atoms with van der Waals surface area (Å²) in [5, 5.41) is 11.1. The monoisotopic (exact) mass is 430 g/mol. The van der Waals surface area contributed by atoms with Crippen LogP contribution in [0.3, 0.4) is 0 Å². The summed E-state index contributed by atoms with van der Waals surface area (Å²) in [6, 6.07) is 23.4. The summed E-state index contributed by atoms with van der Waals surface area (Å²) in [5.74, 6) is 0.455. The number of rotatable bonds is 3. The van der Waals surface area contributed by atoms with Crippen LogP contribution in [-0.4, -0.2) is 20.2 Å². The highest BCUT2D eigenvalue weighted by Crippen LogP contribution is 2.37. The number of fused-ring (bicyclic) bond motifs is 1. The van der Waals surface area contributed by atoms with E-state index in [1.165, 1.54) is 0 Å². The summed E-state index contributed by atoms with van der Waals surface area (Å²) >= 11 is 12.5. The number of nitrogens with zero attached hydrogens (tertiary/aromatic N) is 3. The lowest BCUT2D eigenvalue weighted by molar-refractivity contribution is 0.991. The van der Waals surface area contributed by atoms with E-state index in [0.29, 0.717) is 21.4 Å². The van der Waals surface area contributed by atoms with Crippen molar-refractivity contribution in [3.05, 3.63) is 88.5 Å². The normalized spacial score (nSPS) is 11.2. The fourth-order valence-electron chi connectivity index (χ4n) is 3.66. The summed E-state index contributed by atoms with van der Waals surface area (Å²) in [4.78, 5) is 8.39. The summed E-state index contributed by atoms with van der Waals surface area (Å²) < 4.78 is 0. The molecular weight excluding hydrogens is 415 g/mol. The summed E-state index contributed by atoms with van der Waals surface area (Å²) in [5.41, 5.74) is 6.18. The molecule has 0 aliphatic rings. The number of para-hydroxylation sites is 1. The molecule has 4 nitrogen and oxygen atoms in total. The van der Waals surface area contributed by atoms with Crippen LogP contribution in [0, 0.1) is 6.92 Å². The molecule has 146 valence electrons. The number of H-pyrrole nitrogens is 1. The maximum absolute atomic E-state index is 6.43. The molecule has 0 saturated carbocycles. The molecule has 0 aliphatic carbocycles. The highest BCUT2D eigenvalue weighted by atomic mass is 35.5. The van der Waals surface area contributed by atoms with Crippen LogP contribution in [0.5, 0.6) is 0 Å². The van der Waals surface area contributed by atoms with Gasteiger partial charge >= 0.3 is 0 Å². The van der Waals surface area contributed by atoms with Crippen molar-refractivity contribution in [2.24, 2.45) is 0 Å². The largest absolute Gasteiger partial charge is 0.358 e. The van der Waals surface area contributed by atoms with Gasteiger partial charge in [-0.3, -0.25) is 0 Å². The molecule has 0 spiro atoms. The Morgan fingerprint density at radius 3 is 2.37 bits per heavy atom. The van der Waals surface area contributed by atoms with E-state index < -0.39 is 0 Å². The van der Waals surface area contributed by atoms with Crippen molar-refractivity contribution in [1.82, 2.24) is 20.2 Å². The van der Waals surface area contributed by atoms with Crippen LogP contribution in [0.15, 0.2) is 72.8 Å². The van der Waals surface area contributed by atoms with Crippen molar-refractivity contribution < 1.29 is 0 Å². The Balaban J connectivity index is 1.81. The number of halogens is 2. The SMILES string of the molecule is Cc1[nH]c2ccccc2c1-c1nc(-c2ccc(Cl)cc2Cl)nnc1-c1ccccc1. The first-order valence-electron chi connectivity index (χ1n) is 9.45. The van der Waals surface area contributed by atoms with Gasteiger partial charge in [0.1, 0.15) is 11.4 Å². The van der Waals surface area contributed by atoms with Crippen LogP contribution < -0.4 is 0 Å². The Morgan fingerprint density at radius 1 is 0.800 bits per heavy atom. The molecule has 1 N–H and O–H groups in total. The van der Waals surface area contributed by atoms with Crippen LogP contribution in [-0.2, 0) is 0 Å². The molecule has 0 aliphatic heterocycles. The van der Waals surface area contributed by atoms with E-state index in [1.807, 2.05) is 55.5 Å². The Bertz CT molecular complexity index is 1380. The third kappa shape index (κ3) is 3.24. The molecule has 0 radical (unpaired) electrons. The molecule has 2 aromatic heterocycles. The van der Waals surface area contributed by atoms with Gasteiger partial charge < -0.3 is 4.98 Å². The van der Waals surface area contributed by atoms with Crippen molar-refractivity contribution in [1.29, 1.82) is 0 Å². The number of benzene rings is 3. The van der Waals surface area contributed by atoms with E-state index in [9.17, 15) is 0 Å². The molecule has 0 saturated heterocycles. The van der Waals surface area contributed by atoms with Crippen LogP contribution >= 0.6 is 23.2 Å². The van der Waals surface area contributed by atoms with Gasteiger partial charge in [0, 0.05) is 38.3 Å². The molecule has 2 heterocycles. The number of aryl methyl sites for hydroxylation is 1. The lowest BCUT2D eigenvalue weighted by Gasteiger charge is -2.11. The predicted octanol–water partition coefficient (Wildman–Crippen LogP) is 6.97. The fraction of sp³-hybridized carbons (Fsp3) is 0.0417. The third-order valence-corrected chi connectivity index (χ3v) is 5.58. The van der Waals surface area contributed by atoms with E-state index in [-0.39, 0.29) is 0 Å². The zero-order valence-corrected chi connectivity index (χ0v) is 17.5. The van der Waals surface area contributed by atoms with Gasteiger partial charge in [-0.1, -0.05) is 71.7 Å². The number of hydrogen-bond donors (Lipinski definition) is 1. The Hall–Kier alpha value is -3.21. The van der Waals surface area contributed by atoms with Gasteiger partial charge in [-0.25, -0.2) is 4.98 Å². The van der Waals surface area contributed by atoms with Crippen LogP contribution in [0.25, 0.3) is 44.8 Å². The molecule has 30 heavy (non-hydrogen) atoms. The topological polar surface area (TPSA) is 54.5 Å². The zero-order valence-electron chi connectivity index (χ0n) is 16.0. The predicted molar refractivity (Wildman–Crippen MR) is 123 cm³/mol. The highest BCUT2D eigenvalue weighted by molar-refractivity contribution is 6.36. The molecule has 0 unspecified atom stereocenters. The fourth-order valence-corrected chi connectivity index (χ4v) is 4.15. The Kier molecular flexibility index (Phi) is 4.74. The van der Waals surface area contributed by atoms with Gasteiger partial charge in [0.15, 0.2) is 5.82 Å². The first-order chi connectivity index (χ1) is 14.6. The molecule has 0 bridgehead atoms. The average molecular weight is 431 g/mol. The van der Waals surface area contributed by atoms with E-state index in [0.717, 1.165) is 39.1 Å². The molecule has 5 rings (SSSR count). The number of aromatic amines is 1. The molecule has 5 aromatic rings. The molecule has 0 atom stereocenters. The smallest absolute Gasteiger partial charge is 0.183 e. The first-order valence-corrected chi connectivity index (χ1v) is 10.2. The maximum atomic E-state index is 6.43. The van der Waals surface area contributed by atoms with E-state index in [1.54, 1.807) is 12.1 Å². The van der Waals surface area contributed by atoms with Gasteiger partial charge in [-0.15, -0.1) is 10.2 Å². The van der Waals surface area contributed by atoms with Gasteiger partial charge in [0.2, 0.25) is 0 Å². The number of nitrogens with one attached hydrogen (secondary N) is 1. The second kappa shape index (κ2) is 7.56.